The molecule has 0 aliphatic heterocycles. The normalized spacial score (nSPS) is 11.7. The SMILES string of the molecule is COc1ccc(NC(=O)c2cccc(S(=O)(=O)NC(C)C)c2)cc1NC(=O)OC(C)(C)C. The Kier molecular flexibility index (Phi) is 7.87. The lowest BCUT2D eigenvalue weighted by molar-refractivity contribution is 0.0635. The first-order valence-electron chi connectivity index (χ1n) is 9.92. The van der Waals surface area contributed by atoms with Crippen molar-refractivity contribution in [3.05, 3.63) is 48.0 Å². The van der Waals surface area contributed by atoms with Gasteiger partial charge in [0.1, 0.15) is 11.4 Å². The molecule has 0 fully saturated rings. The van der Waals surface area contributed by atoms with Gasteiger partial charge >= 0.3 is 6.09 Å². The third-order valence-corrected chi connectivity index (χ3v) is 5.55. The fourth-order valence-electron chi connectivity index (χ4n) is 2.68. The number of hydrogen-bond donors (Lipinski definition) is 3. The molecule has 2 rings (SSSR count). The van der Waals surface area contributed by atoms with E-state index in [1.807, 2.05) is 0 Å². The van der Waals surface area contributed by atoms with Crippen molar-refractivity contribution in [1.29, 1.82) is 0 Å². The molecule has 10 heteroatoms. The molecule has 0 radical (unpaired) electrons. The lowest BCUT2D eigenvalue weighted by Crippen LogP contribution is -2.30. The lowest BCUT2D eigenvalue weighted by atomic mass is 10.2. The molecule has 0 spiro atoms. The smallest absolute Gasteiger partial charge is 0.412 e. The molecule has 32 heavy (non-hydrogen) atoms. The predicted molar refractivity (Wildman–Crippen MR) is 123 cm³/mol. The predicted octanol–water partition coefficient (Wildman–Crippen LogP) is 3.98. The van der Waals surface area contributed by atoms with Crippen molar-refractivity contribution in [2.75, 3.05) is 17.7 Å². The first-order valence-corrected chi connectivity index (χ1v) is 11.4. The number of benzene rings is 2. The third kappa shape index (κ3) is 7.24. The number of nitrogens with one attached hydrogen (secondary N) is 3. The fraction of sp³-hybridized carbons (Fsp3) is 0.364. The molecule has 0 aliphatic rings. The molecule has 0 saturated heterocycles. The molecule has 0 aromatic heterocycles. The number of hydrogen-bond acceptors (Lipinski definition) is 6. The Labute approximate surface area is 188 Å². The van der Waals surface area contributed by atoms with E-state index in [0.29, 0.717) is 17.1 Å². The second-order valence-electron chi connectivity index (χ2n) is 8.30. The van der Waals surface area contributed by atoms with Gasteiger partial charge in [-0.25, -0.2) is 17.9 Å². The number of ether oxygens (including phenoxy) is 2. The van der Waals surface area contributed by atoms with E-state index in [0.717, 1.165) is 0 Å². The summed E-state index contributed by atoms with van der Waals surface area (Å²) >= 11 is 0. The fourth-order valence-corrected chi connectivity index (χ4v) is 3.98. The van der Waals surface area contributed by atoms with Crippen molar-refractivity contribution < 1.29 is 27.5 Å². The summed E-state index contributed by atoms with van der Waals surface area (Å²) in [5.74, 6) is -0.137. The van der Waals surface area contributed by atoms with Crippen molar-refractivity contribution in [2.45, 2.75) is 51.2 Å². The molecule has 0 heterocycles. The van der Waals surface area contributed by atoms with Crippen LogP contribution < -0.4 is 20.1 Å². The Bertz CT molecular complexity index is 1090. The first kappa shape index (κ1) is 25.2. The molecule has 0 bridgehead atoms. The highest BCUT2D eigenvalue weighted by Gasteiger charge is 2.19. The Balaban J connectivity index is 2.23. The van der Waals surface area contributed by atoms with Crippen LogP contribution in [0, 0.1) is 0 Å². The number of rotatable bonds is 7. The van der Waals surface area contributed by atoms with Gasteiger partial charge in [0, 0.05) is 17.3 Å². The summed E-state index contributed by atoms with van der Waals surface area (Å²) in [5.41, 5.74) is 0.153. The van der Waals surface area contributed by atoms with Crippen LogP contribution in [0.2, 0.25) is 0 Å². The molecule has 0 saturated carbocycles. The zero-order valence-electron chi connectivity index (χ0n) is 19.0. The number of methoxy groups -OCH3 is 1. The van der Waals surface area contributed by atoms with Crippen molar-refractivity contribution in [2.24, 2.45) is 0 Å². The number of anilines is 2. The zero-order valence-corrected chi connectivity index (χ0v) is 19.8. The monoisotopic (exact) mass is 463 g/mol. The summed E-state index contributed by atoms with van der Waals surface area (Å²) in [6.45, 7) is 8.64. The van der Waals surface area contributed by atoms with E-state index in [9.17, 15) is 18.0 Å². The molecule has 2 aromatic rings. The number of carbonyl (C=O) groups is 2. The number of amides is 2. The second kappa shape index (κ2) is 10.0. The maximum absolute atomic E-state index is 12.7. The van der Waals surface area contributed by atoms with E-state index in [1.54, 1.807) is 46.8 Å². The van der Waals surface area contributed by atoms with Crippen molar-refractivity contribution >= 4 is 33.4 Å². The Morgan fingerprint density at radius 1 is 1.00 bits per heavy atom. The van der Waals surface area contributed by atoms with Gasteiger partial charge in [0.05, 0.1) is 17.7 Å². The highest BCUT2D eigenvalue weighted by molar-refractivity contribution is 7.89. The van der Waals surface area contributed by atoms with Gasteiger partial charge in [-0.3, -0.25) is 10.1 Å². The van der Waals surface area contributed by atoms with Crippen LogP contribution in [-0.2, 0) is 14.8 Å². The summed E-state index contributed by atoms with van der Waals surface area (Å²) in [6, 6.07) is 10.1. The van der Waals surface area contributed by atoms with E-state index < -0.39 is 27.6 Å². The summed E-state index contributed by atoms with van der Waals surface area (Å²) < 4.78 is 37.7. The third-order valence-electron chi connectivity index (χ3n) is 3.89. The van der Waals surface area contributed by atoms with Gasteiger partial charge in [-0.05, 0) is 71.0 Å². The Morgan fingerprint density at radius 2 is 1.69 bits per heavy atom. The van der Waals surface area contributed by atoms with Crippen LogP contribution in [0.25, 0.3) is 0 Å². The molecule has 9 nitrogen and oxygen atoms in total. The van der Waals surface area contributed by atoms with Crippen molar-refractivity contribution in [3.63, 3.8) is 0 Å². The molecule has 0 aliphatic carbocycles. The van der Waals surface area contributed by atoms with E-state index in [1.165, 1.54) is 37.4 Å². The van der Waals surface area contributed by atoms with Crippen LogP contribution in [0.1, 0.15) is 45.0 Å². The van der Waals surface area contributed by atoms with Crippen LogP contribution in [0.5, 0.6) is 5.75 Å². The average molecular weight is 464 g/mol. The Morgan fingerprint density at radius 3 is 2.28 bits per heavy atom. The van der Waals surface area contributed by atoms with E-state index >= 15 is 0 Å². The molecule has 174 valence electrons. The molecule has 2 aromatic carbocycles. The number of carbonyl (C=O) groups excluding carboxylic acids is 2. The maximum atomic E-state index is 12.7. The largest absolute Gasteiger partial charge is 0.495 e. The van der Waals surface area contributed by atoms with Crippen LogP contribution >= 0.6 is 0 Å². The van der Waals surface area contributed by atoms with Crippen molar-refractivity contribution in [3.8, 4) is 5.75 Å². The van der Waals surface area contributed by atoms with E-state index in [4.69, 9.17) is 9.47 Å². The standard InChI is InChI=1S/C22H29N3O6S/c1-14(2)25-32(28,29)17-9-7-8-15(12-17)20(26)23-16-10-11-19(30-6)18(13-16)24-21(27)31-22(3,4)5/h7-14,25H,1-6H3,(H,23,26)(H,24,27). The highest BCUT2D eigenvalue weighted by atomic mass is 32.2. The minimum Gasteiger partial charge on any atom is -0.495 e. The summed E-state index contributed by atoms with van der Waals surface area (Å²) in [4.78, 5) is 24.8. The quantitative estimate of drug-likeness (QED) is 0.571. The van der Waals surface area contributed by atoms with Crippen LogP contribution in [0.15, 0.2) is 47.4 Å². The van der Waals surface area contributed by atoms with Gasteiger partial charge in [-0.2, -0.15) is 0 Å². The highest BCUT2D eigenvalue weighted by Crippen LogP contribution is 2.29. The minimum atomic E-state index is -3.74. The lowest BCUT2D eigenvalue weighted by Gasteiger charge is -2.20. The van der Waals surface area contributed by atoms with Gasteiger partial charge < -0.3 is 14.8 Å². The van der Waals surface area contributed by atoms with Crippen LogP contribution in [0.3, 0.4) is 0 Å². The molecule has 2 amide bonds. The molecule has 3 N–H and O–H groups in total. The molecule has 0 atom stereocenters. The maximum Gasteiger partial charge on any atom is 0.412 e. The van der Waals surface area contributed by atoms with Crippen molar-refractivity contribution in [1.82, 2.24) is 4.72 Å². The molecular formula is C22H29N3O6S. The summed E-state index contributed by atoms with van der Waals surface area (Å²) in [7, 11) is -2.29. The topological polar surface area (TPSA) is 123 Å². The average Bonchev–Trinajstić information content (AvgIpc) is 2.66. The number of sulfonamides is 1. The van der Waals surface area contributed by atoms with Gasteiger partial charge in [-0.15, -0.1) is 0 Å². The minimum absolute atomic E-state index is 0.0131. The van der Waals surface area contributed by atoms with Gasteiger partial charge in [0.2, 0.25) is 10.0 Å². The summed E-state index contributed by atoms with van der Waals surface area (Å²) in [5, 5.41) is 5.28. The van der Waals surface area contributed by atoms with Crippen LogP contribution in [-0.4, -0.2) is 39.2 Å². The summed E-state index contributed by atoms with van der Waals surface area (Å²) in [6.07, 6.45) is -0.671. The van der Waals surface area contributed by atoms with Crippen LogP contribution in [0.4, 0.5) is 16.2 Å². The van der Waals surface area contributed by atoms with Gasteiger partial charge in [0.15, 0.2) is 0 Å². The van der Waals surface area contributed by atoms with Gasteiger partial charge in [-0.1, -0.05) is 6.07 Å². The van der Waals surface area contributed by atoms with Gasteiger partial charge in [0.25, 0.3) is 5.91 Å². The first-order chi connectivity index (χ1) is 14.8. The second-order valence-corrected chi connectivity index (χ2v) is 10.0. The zero-order chi connectivity index (χ0) is 24.1. The van der Waals surface area contributed by atoms with E-state index in [2.05, 4.69) is 15.4 Å². The molecule has 0 unspecified atom stereocenters. The Hall–Kier alpha value is -3.11. The molecular weight excluding hydrogens is 434 g/mol. The van der Waals surface area contributed by atoms with E-state index in [-0.39, 0.29) is 16.5 Å².